The topological polar surface area (TPSA) is 76.1 Å². The molecule has 6 nitrogen and oxygen atoms in total. The molecule has 324 valence electrons. The summed E-state index contributed by atoms with van der Waals surface area (Å²) in [6.45, 7) is 0. The number of aryl methyl sites for hydroxylation is 2. The van der Waals surface area contributed by atoms with Gasteiger partial charge in [0.15, 0.2) is 0 Å². The summed E-state index contributed by atoms with van der Waals surface area (Å²) in [7, 11) is 2.70. The zero-order valence-electron chi connectivity index (χ0n) is 37.3. The molecular weight excluding hydrogens is 899 g/mol. The van der Waals surface area contributed by atoms with Crippen molar-refractivity contribution >= 4 is 72.1 Å². The van der Waals surface area contributed by atoms with E-state index in [2.05, 4.69) is 171 Å². The van der Waals surface area contributed by atoms with Gasteiger partial charge in [0.1, 0.15) is 11.6 Å². The maximum absolute atomic E-state index is 9.50. The van der Waals surface area contributed by atoms with E-state index in [0.29, 0.717) is 5.46 Å². The molecule has 2 heterocycles. The van der Waals surface area contributed by atoms with Crippen LogP contribution in [0.1, 0.15) is 0 Å². The van der Waals surface area contributed by atoms with Gasteiger partial charge in [0.05, 0.1) is 22.1 Å². The normalized spacial score (nSPS) is 11.6. The van der Waals surface area contributed by atoms with E-state index in [1.807, 2.05) is 73.8 Å². The summed E-state index contributed by atoms with van der Waals surface area (Å²) in [5.41, 5.74) is 19.7. The number of hydrogen-bond donors (Lipinski definition) is 2. The van der Waals surface area contributed by atoms with Crippen molar-refractivity contribution in [2.75, 3.05) is 0 Å². The van der Waals surface area contributed by atoms with E-state index in [1.54, 1.807) is 6.07 Å². The molecule has 0 saturated carbocycles. The number of aromatic nitrogens is 4. The quantitative estimate of drug-likeness (QED) is 0.172. The van der Waals surface area contributed by atoms with Crippen molar-refractivity contribution in [1.29, 1.82) is 0 Å². The first kappa shape index (κ1) is 41.5. The first-order chi connectivity index (χ1) is 33.3. The minimum Gasteiger partial charge on any atom is -0.423 e. The van der Waals surface area contributed by atoms with Crippen LogP contribution in [0.4, 0.5) is 0 Å². The molecule has 0 aliphatic heterocycles. The summed E-state index contributed by atoms with van der Waals surface area (Å²) < 4.78 is 5.36. The van der Waals surface area contributed by atoms with Crippen LogP contribution in [-0.4, -0.2) is 36.3 Å². The largest absolute Gasteiger partial charge is 0.489 e. The van der Waals surface area contributed by atoms with Gasteiger partial charge in [-0.2, -0.15) is 0 Å². The fraction of sp³-hybridized carbons (Fsp3) is 0.0333. The van der Waals surface area contributed by atoms with Crippen molar-refractivity contribution in [2.24, 2.45) is 14.1 Å². The lowest BCUT2D eigenvalue weighted by Gasteiger charge is -2.10. The van der Waals surface area contributed by atoms with Gasteiger partial charge in [0.25, 0.3) is 0 Å². The minimum atomic E-state index is -1.44. The lowest BCUT2D eigenvalue weighted by Crippen LogP contribution is -2.30. The van der Waals surface area contributed by atoms with Gasteiger partial charge in [-0.25, -0.2) is 9.97 Å². The van der Waals surface area contributed by atoms with Gasteiger partial charge in [-0.05, 0) is 113 Å². The van der Waals surface area contributed by atoms with E-state index in [-0.39, 0.29) is 0 Å². The Morgan fingerprint density at radius 3 is 1.35 bits per heavy atom. The highest BCUT2D eigenvalue weighted by molar-refractivity contribution is 9.10. The fourth-order valence-electron chi connectivity index (χ4n) is 10.3. The highest BCUT2D eigenvalue weighted by atomic mass is 79.9. The summed E-state index contributed by atoms with van der Waals surface area (Å²) in [4.78, 5) is 9.67. The molecule has 0 fully saturated rings. The van der Waals surface area contributed by atoms with Crippen LogP contribution in [0.5, 0.6) is 0 Å². The highest BCUT2D eigenvalue weighted by Gasteiger charge is 2.25. The van der Waals surface area contributed by atoms with Crippen molar-refractivity contribution in [3.8, 4) is 78.4 Å². The highest BCUT2D eigenvalue weighted by Crippen LogP contribution is 2.50. The Morgan fingerprint density at radius 2 is 0.809 bits per heavy atom. The van der Waals surface area contributed by atoms with E-state index in [9.17, 15) is 10.0 Å². The second kappa shape index (κ2) is 16.8. The lowest BCUT2D eigenvalue weighted by molar-refractivity contribution is 0.426. The van der Waals surface area contributed by atoms with Crippen LogP contribution in [0.15, 0.2) is 211 Å². The fourth-order valence-corrected chi connectivity index (χ4v) is 10.7. The lowest BCUT2D eigenvalue weighted by atomic mass is 9.76. The molecule has 0 atom stereocenters. The molecule has 0 saturated heterocycles. The number of imidazole rings is 2. The van der Waals surface area contributed by atoms with Gasteiger partial charge < -0.3 is 19.2 Å². The average molecular weight is 942 g/mol. The summed E-state index contributed by atoms with van der Waals surface area (Å²) >= 11 is 3.47. The molecule has 2 N–H and O–H groups in total. The minimum absolute atomic E-state index is 0.563. The van der Waals surface area contributed by atoms with Crippen LogP contribution in [0.2, 0.25) is 0 Å². The maximum Gasteiger partial charge on any atom is 0.489 e. The van der Waals surface area contributed by atoms with Crippen molar-refractivity contribution in [3.05, 3.63) is 211 Å². The summed E-state index contributed by atoms with van der Waals surface area (Å²) in [5.74, 6) is 1.99. The third-order valence-electron chi connectivity index (χ3n) is 13.5. The molecule has 0 amide bonds. The molecule has 2 aliphatic carbocycles. The smallest absolute Gasteiger partial charge is 0.423 e. The monoisotopic (exact) mass is 940 g/mol. The van der Waals surface area contributed by atoms with Gasteiger partial charge in [-0.15, -0.1) is 0 Å². The van der Waals surface area contributed by atoms with Gasteiger partial charge >= 0.3 is 7.12 Å². The van der Waals surface area contributed by atoms with Crippen molar-refractivity contribution < 1.29 is 10.0 Å². The molecule has 14 rings (SSSR count). The number of hydrogen-bond acceptors (Lipinski definition) is 4. The number of fused-ring (bicyclic) bond motifs is 8. The Labute approximate surface area is 402 Å². The van der Waals surface area contributed by atoms with Crippen molar-refractivity contribution in [3.63, 3.8) is 0 Å². The molecule has 0 spiro atoms. The second-order valence-corrected chi connectivity index (χ2v) is 18.3. The van der Waals surface area contributed by atoms with Crippen LogP contribution in [0.3, 0.4) is 0 Å². The molecular formula is C60H42BBrN4O2. The first-order valence-electron chi connectivity index (χ1n) is 22.7. The van der Waals surface area contributed by atoms with Gasteiger partial charge in [-0.1, -0.05) is 192 Å². The zero-order chi connectivity index (χ0) is 46.0. The molecule has 8 heteroatoms. The molecule has 2 aliphatic rings. The predicted octanol–water partition coefficient (Wildman–Crippen LogP) is 13.9. The van der Waals surface area contributed by atoms with Crippen molar-refractivity contribution in [1.82, 2.24) is 19.1 Å². The van der Waals surface area contributed by atoms with Crippen LogP contribution < -0.4 is 5.46 Å². The van der Waals surface area contributed by atoms with Gasteiger partial charge in [0, 0.05) is 29.7 Å². The molecule has 0 unspecified atom stereocenters. The SMILES string of the molecule is Cn1c(-c2ccccc2)nc2cc(-c3ccc4c5c(cccc35)-c3ccccc3-4)ccc21.Cn1c(-c2ccccc2)nc2cc(Br)ccc21.OB(O)c1ccc2c3c(cccc13)-c1ccccc1-2. The number of benzene rings is 10. The Kier molecular flexibility index (Phi) is 10.2. The summed E-state index contributed by atoms with van der Waals surface area (Å²) in [6.07, 6.45) is 0. The second-order valence-electron chi connectivity index (χ2n) is 17.3. The van der Waals surface area contributed by atoms with Crippen LogP contribution in [0, 0.1) is 0 Å². The molecule has 2 aromatic heterocycles. The molecule has 0 bridgehead atoms. The third kappa shape index (κ3) is 6.87. The zero-order valence-corrected chi connectivity index (χ0v) is 38.9. The Balaban J connectivity index is 0.000000114. The van der Waals surface area contributed by atoms with E-state index in [1.165, 1.54) is 66.4 Å². The van der Waals surface area contributed by atoms with E-state index in [0.717, 1.165) is 60.1 Å². The number of nitrogens with zero attached hydrogens (tertiary/aromatic N) is 4. The average Bonchev–Trinajstić information content (AvgIpc) is 4.11. The molecule has 0 radical (unpaired) electrons. The third-order valence-corrected chi connectivity index (χ3v) is 14.0. The van der Waals surface area contributed by atoms with Gasteiger partial charge in [0.2, 0.25) is 0 Å². The first-order valence-corrected chi connectivity index (χ1v) is 23.5. The summed E-state index contributed by atoms with van der Waals surface area (Å²) in [5, 5.41) is 23.7. The molecule has 68 heavy (non-hydrogen) atoms. The van der Waals surface area contributed by atoms with E-state index in [4.69, 9.17) is 4.98 Å². The van der Waals surface area contributed by atoms with E-state index >= 15 is 0 Å². The van der Waals surface area contributed by atoms with Crippen LogP contribution >= 0.6 is 15.9 Å². The van der Waals surface area contributed by atoms with Crippen LogP contribution in [-0.2, 0) is 14.1 Å². The number of rotatable bonds is 4. The maximum atomic E-state index is 9.50. The Hall–Kier alpha value is -7.88. The van der Waals surface area contributed by atoms with E-state index < -0.39 is 7.12 Å². The van der Waals surface area contributed by atoms with Crippen LogP contribution in [0.25, 0.3) is 122 Å². The predicted molar refractivity (Wildman–Crippen MR) is 286 cm³/mol. The Bertz CT molecular complexity index is 3880. The molecule has 10 aromatic carbocycles. The summed E-state index contributed by atoms with van der Waals surface area (Å²) in [6, 6.07) is 71.5. The van der Waals surface area contributed by atoms with Crippen molar-refractivity contribution in [2.45, 2.75) is 0 Å². The Morgan fingerprint density at radius 1 is 0.382 bits per heavy atom. The molecule has 12 aromatic rings. The standard InChI is InChI=1S/C30H20N2.C16H11BO2.C14H11BrN2/c1-32-28-17-14-20(18-27(28)31-30(32)19-8-3-2-4-9-19)21-15-16-26-23-11-6-5-10-22(23)25-13-7-12-24(21)29(25)26;18-17(19)15-9-8-13-11-5-2-1-4-10(11)12-6-3-7-14(15)16(12)13;1-17-13-8-7-11(15)9-12(13)16-14(17)10-5-3-2-4-6-10/h2-18H,1H3;1-9,18-19H;2-9H,1H3. The number of halogens is 1. The van der Waals surface area contributed by atoms with Gasteiger partial charge in [-0.3, -0.25) is 0 Å².